The number of hydrogen-bond donors (Lipinski definition) is 1. The molecule has 1 atom stereocenters. The van der Waals surface area contributed by atoms with Crippen LogP contribution in [0.5, 0.6) is 0 Å². The van der Waals surface area contributed by atoms with Crippen molar-refractivity contribution in [3.8, 4) is 0 Å². The van der Waals surface area contributed by atoms with E-state index in [1.165, 1.54) is 31.2 Å². The highest BCUT2D eigenvalue weighted by molar-refractivity contribution is 5.98. The first-order valence-electron chi connectivity index (χ1n) is 9.13. The van der Waals surface area contributed by atoms with E-state index in [0.29, 0.717) is 11.3 Å². The van der Waals surface area contributed by atoms with Gasteiger partial charge in [0.15, 0.2) is 5.78 Å². The molecule has 1 N–H and O–H groups in total. The molecule has 0 spiro atoms. The molecule has 3 aromatic rings. The van der Waals surface area contributed by atoms with Crippen molar-refractivity contribution in [2.45, 2.75) is 32.5 Å². The molecule has 6 nitrogen and oxygen atoms in total. The van der Waals surface area contributed by atoms with E-state index in [4.69, 9.17) is 0 Å². The number of ketones is 1. The van der Waals surface area contributed by atoms with Crippen LogP contribution in [-0.4, -0.2) is 21.2 Å². The lowest BCUT2D eigenvalue weighted by atomic mass is 10.1. The Bertz CT molecular complexity index is 1190. The maximum Gasteiger partial charge on any atom is 0.438 e. The Kier molecular flexibility index (Phi) is 5.73. The van der Waals surface area contributed by atoms with Crippen LogP contribution in [0, 0.1) is 0 Å². The van der Waals surface area contributed by atoms with E-state index in [-0.39, 0.29) is 23.2 Å². The van der Waals surface area contributed by atoms with Crippen molar-refractivity contribution < 1.29 is 22.8 Å². The summed E-state index contributed by atoms with van der Waals surface area (Å²) < 4.78 is 41.0. The minimum atomic E-state index is -4.96. The quantitative estimate of drug-likeness (QED) is 0.631. The number of halogens is 3. The van der Waals surface area contributed by atoms with Crippen molar-refractivity contribution in [3.63, 3.8) is 0 Å². The zero-order valence-electron chi connectivity index (χ0n) is 16.2. The Hall–Kier alpha value is -3.49. The lowest BCUT2D eigenvalue weighted by Crippen LogP contribution is -2.37. The first-order chi connectivity index (χ1) is 14.1. The summed E-state index contributed by atoms with van der Waals surface area (Å²) in [5, 5.41) is 2.58. The molecule has 1 aromatic heterocycles. The lowest BCUT2D eigenvalue weighted by molar-refractivity contribution is -0.142. The fraction of sp³-hybridized carbons (Fsp3) is 0.238. The molecular formula is C21H18F3N3O3. The average molecular weight is 417 g/mol. The van der Waals surface area contributed by atoms with Crippen molar-refractivity contribution in [2.24, 2.45) is 0 Å². The number of Topliss-reactive ketones (excluding diaryl/α,β-unsaturated/α-hetero) is 1. The van der Waals surface area contributed by atoms with E-state index in [1.54, 1.807) is 31.2 Å². The molecule has 0 aliphatic carbocycles. The van der Waals surface area contributed by atoms with Gasteiger partial charge in [-0.05, 0) is 37.6 Å². The molecule has 1 amide bonds. The summed E-state index contributed by atoms with van der Waals surface area (Å²) in [6, 6.07) is 10.8. The second-order valence-electron chi connectivity index (χ2n) is 6.67. The number of nitrogens with zero attached hydrogens (tertiary/aromatic N) is 2. The third-order valence-electron chi connectivity index (χ3n) is 4.60. The highest BCUT2D eigenvalue weighted by Crippen LogP contribution is 2.28. The fourth-order valence-corrected chi connectivity index (χ4v) is 3.17. The fourth-order valence-electron chi connectivity index (χ4n) is 3.17. The van der Waals surface area contributed by atoms with E-state index in [1.807, 2.05) is 0 Å². The van der Waals surface area contributed by atoms with Crippen molar-refractivity contribution in [3.05, 3.63) is 70.1 Å². The van der Waals surface area contributed by atoms with E-state index < -0.39 is 29.4 Å². The molecule has 0 aliphatic heterocycles. The van der Waals surface area contributed by atoms with Crippen molar-refractivity contribution in [2.75, 3.05) is 5.32 Å². The number of hydrogen-bond acceptors (Lipinski definition) is 4. The second-order valence-corrected chi connectivity index (χ2v) is 6.67. The van der Waals surface area contributed by atoms with Gasteiger partial charge in [-0.25, -0.2) is 4.98 Å². The minimum absolute atomic E-state index is 0.0470. The van der Waals surface area contributed by atoms with Crippen LogP contribution in [0.1, 0.15) is 42.4 Å². The van der Waals surface area contributed by atoms with Gasteiger partial charge in [0, 0.05) is 11.3 Å². The molecule has 1 unspecified atom stereocenters. The van der Waals surface area contributed by atoms with Crippen molar-refractivity contribution in [1.82, 2.24) is 9.55 Å². The monoisotopic (exact) mass is 417 g/mol. The van der Waals surface area contributed by atoms with Crippen LogP contribution >= 0.6 is 0 Å². The molecule has 156 valence electrons. The Labute approximate surface area is 169 Å². The number of benzene rings is 2. The van der Waals surface area contributed by atoms with Gasteiger partial charge in [0.2, 0.25) is 11.6 Å². The summed E-state index contributed by atoms with van der Waals surface area (Å²) in [5.74, 6) is -0.880. The van der Waals surface area contributed by atoms with Gasteiger partial charge in [-0.3, -0.25) is 19.0 Å². The third-order valence-corrected chi connectivity index (χ3v) is 4.60. The molecule has 30 heavy (non-hydrogen) atoms. The second kappa shape index (κ2) is 8.10. The predicted molar refractivity (Wildman–Crippen MR) is 105 cm³/mol. The zero-order valence-corrected chi connectivity index (χ0v) is 16.2. The summed E-state index contributed by atoms with van der Waals surface area (Å²) in [5.41, 5.74) is -2.23. The van der Waals surface area contributed by atoms with Crippen LogP contribution in [0.2, 0.25) is 0 Å². The van der Waals surface area contributed by atoms with Crippen LogP contribution in [0.25, 0.3) is 11.0 Å². The molecule has 9 heteroatoms. The van der Waals surface area contributed by atoms with Crippen LogP contribution < -0.4 is 10.9 Å². The molecule has 0 radical (unpaired) electrons. The normalized spacial score (nSPS) is 12.6. The Morgan fingerprint density at radius 2 is 1.83 bits per heavy atom. The first kappa shape index (κ1) is 21.2. The van der Waals surface area contributed by atoms with Crippen LogP contribution in [-0.2, 0) is 11.0 Å². The number of nitrogens with one attached hydrogen (secondary N) is 1. The standard InChI is InChI=1S/C21H18F3N3O3/c1-3-16(19(29)25-14-8-6-7-13(11-14)12(2)28)27-17-10-5-4-9-15(17)26-18(20(27)30)21(22,23)24/h4-11,16H,3H2,1-2H3,(H,25,29). The SMILES string of the molecule is CCC(C(=O)Nc1cccc(C(C)=O)c1)n1c(=O)c(C(F)(F)F)nc2ccccc21. The summed E-state index contributed by atoms with van der Waals surface area (Å²) in [4.78, 5) is 40.6. The van der Waals surface area contributed by atoms with Crippen LogP contribution in [0.15, 0.2) is 53.3 Å². The molecule has 3 rings (SSSR count). The number of anilines is 1. The first-order valence-corrected chi connectivity index (χ1v) is 9.13. The summed E-state index contributed by atoms with van der Waals surface area (Å²) >= 11 is 0. The lowest BCUT2D eigenvalue weighted by Gasteiger charge is -2.21. The van der Waals surface area contributed by atoms with Crippen LogP contribution in [0.3, 0.4) is 0 Å². The van der Waals surface area contributed by atoms with Gasteiger partial charge in [0.25, 0.3) is 5.56 Å². The van der Waals surface area contributed by atoms with Gasteiger partial charge < -0.3 is 5.32 Å². The molecular weight excluding hydrogens is 399 g/mol. The molecule has 0 saturated carbocycles. The predicted octanol–water partition coefficient (Wildman–Crippen LogP) is 4.21. The van der Waals surface area contributed by atoms with Gasteiger partial charge in [0.05, 0.1) is 11.0 Å². The number of carbonyl (C=O) groups is 2. The number of alkyl halides is 3. The topological polar surface area (TPSA) is 81.1 Å². The van der Waals surface area contributed by atoms with Gasteiger partial charge in [-0.1, -0.05) is 31.2 Å². The molecule has 2 aromatic carbocycles. The number of para-hydroxylation sites is 2. The highest BCUT2D eigenvalue weighted by Gasteiger charge is 2.38. The Morgan fingerprint density at radius 1 is 1.13 bits per heavy atom. The Balaban J connectivity index is 2.11. The van der Waals surface area contributed by atoms with Crippen molar-refractivity contribution >= 4 is 28.4 Å². The zero-order chi connectivity index (χ0) is 22.1. The van der Waals surface area contributed by atoms with Gasteiger partial charge in [-0.15, -0.1) is 0 Å². The summed E-state index contributed by atoms with van der Waals surface area (Å²) in [6.45, 7) is 2.96. The minimum Gasteiger partial charge on any atom is -0.324 e. The molecule has 0 fully saturated rings. The van der Waals surface area contributed by atoms with E-state index >= 15 is 0 Å². The smallest absolute Gasteiger partial charge is 0.324 e. The Morgan fingerprint density at radius 3 is 2.47 bits per heavy atom. The average Bonchev–Trinajstić information content (AvgIpc) is 2.69. The van der Waals surface area contributed by atoms with Crippen LogP contribution in [0.4, 0.5) is 18.9 Å². The third kappa shape index (κ3) is 4.10. The number of aromatic nitrogens is 2. The van der Waals surface area contributed by atoms with Gasteiger partial charge in [-0.2, -0.15) is 13.2 Å². The van der Waals surface area contributed by atoms with E-state index in [9.17, 15) is 27.6 Å². The van der Waals surface area contributed by atoms with Gasteiger partial charge in [0.1, 0.15) is 6.04 Å². The highest BCUT2D eigenvalue weighted by atomic mass is 19.4. The molecule has 0 saturated heterocycles. The maximum atomic E-state index is 13.4. The molecule has 0 bridgehead atoms. The number of fused-ring (bicyclic) bond motifs is 1. The summed E-state index contributed by atoms with van der Waals surface area (Å²) in [6.07, 6.45) is -4.91. The number of amides is 1. The molecule has 1 heterocycles. The maximum absolute atomic E-state index is 13.4. The van der Waals surface area contributed by atoms with E-state index in [0.717, 1.165) is 4.57 Å². The summed E-state index contributed by atoms with van der Waals surface area (Å²) in [7, 11) is 0. The van der Waals surface area contributed by atoms with Gasteiger partial charge >= 0.3 is 6.18 Å². The van der Waals surface area contributed by atoms with Crippen molar-refractivity contribution in [1.29, 1.82) is 0 Å². The number of carbonyl (C=O) groups excluding carboxylic acids is 2. The largest absolute Gasteiger partial charge is 0.438 e. The molecule has 0 aliphatic rings. The van der Waals surface area contributed by atoms with E-state index in [2.05, 4.69) is 10.3 Å². The number of rotatable bonds is 5.